The monoisotopic (exact) mass is 744 g/mol. The first-order valence-electron chi connectivity index (χ1n) is 17.1. The molecule has 0 radical (unpaired) electrons. The summed E-state index contributed by atoms with van der Waals surface area (Å²) in [7, 11) is -3.22. The number of anilines is 1. The number of amides is 1. The number of hydrogen-bond acceptors (Lipinski definition) is 12. The zero-order valence-corrected chi connectivity index (χ0v) is 31.1. The molecule has 0 aliphatic heterocycles. The van der Waals surface area contributed by atoms with Gasteiger partial charge in [0.25, 0.3) is 0 Å². The third-order valence-electron chi connectivity index (χ3n) is 8.38. The van der Waals surface area contributed by atoms with Crippen LogP contribution in [-0.2, 0) is 44.2 Å². The predicted molar refractivity (Wildman–Crippen MR) is 188 cm³/mol. The van der Waals surface area contributed by atoms with Gasteiger partial charge in [0.15, 0.2) is 28.7 Å². The maximum Gasteiger partial charge on any atom is 0.459 e. The van der Waals surface area contributed by atoms with Gasteiger partial charge in [0, 0.05) is 13.0 Å². The van der Waals surface area contributed by atoms with Gasteiger partial charge in [-0.1, -0.05) is 58.2 Å². The molecule has 1 fully saturated rings. The number of ether oxygens (including phenoxy) is 3. The number of benzene rings is 1. The van der Waals surface area contributed by atoms with Crippen LogP contribution in [0.5, 0.6) is 5.75 Å². The Morgan fingerprint density at radius 3 is 2.37 bits per heavy atom. The standard InChI is InChI=1S/C35H46FN6O9P/c1-8-35(47-7,20-48-52(46,51-26-17-13-10-14-18-26)41-24(6)33(45)49-25-15-11-9-12-16-25)27(50-32(44)23(4)5)19-42-21-37-28-29(38-31(43)22(2)3)39-34(36)40-30(28)42/h1,10,13-14,17-18,21-25,27H,9,11-12,15-16,19-20H2,2-7H3,(H,41,46)(H,38,39,40,43)/t24-,27-,35+,52?/m0/s1. The van der Waals surface area contributed by atoms with Gasteiger partial charge in [-0.15, -0.1) is 6.42 Å². The van der Waals surface area contributed by atoms with Crippen LogP contribution in [-0.4, -0.2) is 74.9 Å². The summed E-state index contributed by atoms with van der Waals surface area (Å²) < 4.78 is 59.5. The number of fused-ring (bicyclic) bond motifs is 1. The summed E-state index contributed by atoms with van der Waals surface area (Å²) >= 11 is 0. The van der Waals surface area contributed by atoms with Crippen molar-refractivity contribution in [2.24, 2.45) is 11.8 Å². The van der Waals surface area contributed by atoms with Crippen LogP contribution in [0.4, 0.5) is 10.2 Å². The predicted octanol–water partition coefficient (Wildman–Crippen LogP) is 5.20. The summed E-state index contributed by atoms with van der Waals surface area (Å²) in [6.45, 7) is 7.00. The zero-order valence-electron chi connectivity index (χ0n) is 30.2. The van der Waals surface area contributed by atoms with E-state index < -0.39 is 67.9 Å². The van der Waals surface area contributed by atoms with Gasteiger partial charge >= 0.3 is 25.8 Å². The Kier molecular flexibility index (Phi) is 13.9. The zero-order chi connectivity index (χ0) is 38.1. The molecule has 15 nitrogen and oxygen atoms in total. The van der Waals surface area contributed by atoms with Gasteiger partial charge in [-0.3, -0.25) is 18.9 Å². The molecule has 2 aromatic heterocycles. The largest absolute Gasteiger partial charge is 0.461 e. The molecular formula is C35H46FN6O9P. The van der Waals surface area contributed by atoms with Crippen LogP contribution in [0.15, 0.2) is 36.7 Å². The van der Waals surface area contributed by atoms with Crippen LogP contribution >= 0.6 is 7.75 Å². The number of halogens is 1. The summed E-state index contributed by atoms with van der Waals surface area (Å²) in [5.74, 6) is -0.303. The lowest BCUT2D eigenvalue weighted by Gasteiger charge is -2.36. The molecule has 1 amide bonds. The topological polar surface area (TPSA) is 182 Å². The van der Waals surface area contributed by atoms with E-state index in [1.165, 1.54) is 24.9 Å². The van der Waals surface area contributed by atoms with Gasteiger partial charge in [-0.2, -0.15) is 19.4 Å². The SMILES string of the molecule is C#C[C@](COP(=O)(N[C@@H](C)C(=O)OC1CCCCC1)Oc1ccccc1)(OC)[C@H](Cn1cnc2c(NC(=O)C(C)C)nc(F)nc21)OC(=O)C(C)C. The fourth-order valence-electron chi connectivity index (χ4n) is 5.24. The molecule has 17 heteroatoms. The first kappa shape index (κ1) is 40.4. The van der Waals surface area contributed by atoms with Crippen molar-refractivity contribution in [1.29, 1.82) is 0 Å². The molecule has 2 heterocycles. The molecule has 2 N–H and O–H groups in total. The van der Waals surface area contributed by atoms with E-state index in [0.29, 0.717) is 0 Å². The Bertz CT molecular complexity index is 1790. The van der Waals surface area contributed by atoms with Crippen molar-refractivity contribution in [2.45, 2.75) is 97.1 Å². The second kappa shape index (κ2) is 17.9. The van der Waals surface area contributed by atoms with Gasteiger partial charge in [0.05, 0.1) is 18.8 Å². The van der Waals surface area contributed by atoms with Gasteiger partial charge < -0.3 is 28.6 Å². The summed E-state index contributed by atoms with van der Waals surface area (Å²) in [6, 6.07) is 7.00. The Labute approximate surface area is 302 Å². The first-order chi connectivity index (χ1) is 24.7. The lowest BCUT2D eigenvalue weighted by molar-refractivity contribution is -0.170. The summed E-state index contributed by atoms with van der Waals surface area (Å²) in [4.78, 5) is 50.4. The van der Waals surface area contributed by atoms with Gasteiger partial charge in [0.2, 0.25) is 5.91 Å². The molecule has 0 bridgehead atoms. The van der Waals surface area contributed by atoms with Crippen molar-refractivity contribution in [2.75, 3.05) is 19.0 Å². The molecule has 4 rings (SSSR count). The Morgan fingerprint density at radius 2 is 1.75 bits per heavy atom. The minimum atomic E-state index is -4.46. The van der Waals surface area contributed by atoms with Crippen molar-refractivity contribution < 1.29 is 46.6 Å². The van der Waals surface area contributed by atoms with Crippen molar-refractivity contribution >= 4 is 42.6 Å². The van der Waals surface area contributed by atoms with Crippen molar-refractivity contribution in [3.8, 4) is 18.1 Å². The van der Waals surface area contributed by atoms with Crippen molar-refractivity contribution in [3.63, 3.8) is 0 Å². The van der Waals surface area contributed by atoms with E-state index in [0.717, 1.165) is 32.1 Å². The maximum atomic E-state index is 14.7. The number of carbonyl (C=O) groups is 3. The highest BCUT2D eigenvalue weighted by Crippen LogP contribution is 2.46. The number of nitrogens with zero attached hydrogens (tertiary/aromatic N) is 4. The number of para-hydroxylation sites is 1. The molecule has 1 aromatic carbocycles. The summed E-state index contributed by atoms with van der Waals surface area (Å²) in [5, 5.41) is 5.19. The molecule has 52 heavy (non-hydrogen) atoms. The van der Waals surface area contributed by atoms with Crippen molar-refractivity contribution in [1.82, 2.24) is 24.6 Å². The van der Waals surface area contributed by atoms with E-state index in [1.807, 2.05) is 0 Å². The van der Waals surface area contributed by atoms with Crippen LogP contribution in [0.2, 0.25) is 0 Å². The molecule has 0 saturated heterocycles. The van der Waals surface area contributed by atoms with Crippen LogP contribution < -0.4 is 14.9 Å². The van der Waals surface area contributed by atoms with Crippen molar-refractivity contribution in [3.05, 3.63) is 42.7 Å². The summed E-state index contributed by atoms with van der Waals surface area (Å²) in [5.41, 5.74) is -1.95. The van der Waals surface area contributed by atoms with Gasteiger partial charge in [-0.25, -0.2) is 9.55 Å². The Morgan fingerprint density at radius 1 is 1.06 bits per heavy atom. The van der Waals surface area contributed by atoms with Gasteiger partial charge in [-0.05, 0) is 44.7 Å². The second-order valence-corrected chi connectivity index (χ2v) is 14.8. The molecule has 1 saturated carbocycles. The van der Waals surface area contributed by atoms with Crippen LogP contribution in [0.1, 0.15) is 66.7 Å². The first-order valence-corrected chi connectivity index (χ1v) is 18.6. The van der Waals surface area contributed by atoms with E-state index in [4.69, 9.17) is 29.7 Å². The minimum Gasteiger partial charge on any atom is -0.461 e. The lowest BCUT2D eigenvalue weighted by Crippen LogP contribution is -2.52. The smallest absolute Gasteiger partial charge is 0.459 e. The Balaban J connectivity index is 1.66. The molecule has 1 unspecified atom stereocenters. The molecule has 1 aliphatic rings. The number of esters is 2. The number of aromatic nitrogens is 4. The molecule has 282 valence electrons. The molecule has 1 aliphatic carbocycles. The fourth-order valence-corrected chi connectivity index (χ4v) is 6.76. The average molecular weight is 745 g/mol. The van der Waals surface area contributed by atoms with Crippen LogP contribution in [0, 0.1) is 30.3 Å². The molecular weight excluding hydrogens is 698 g/mol. The second-order valence-electron chi connectivity index (χ2n) is 13.1. The molecule has 0 spiro atoms. The van der Waals surface area contributed by atoms with E-state index in [-0.39, 0.29) is 35.4 Å². The lowest BCUT2D eigenvalue weighted by atomic mass is 9.97. The number of imidazole rings is 1. The maximum absolute atomic E-state index is 14.7. The number of carbonyl (C=O) groups excluding carboxylic acids is 3. The Hall–Kier alpha value is -4.42. The highest BCUT2D eigenvalue weighted by Gasteiger charge is 2.45. The summed E-state index contributed by atoms with van der Waals surface area (Å²) in [6.07, 6.45) is 8.97. The average Bonchev–Trinajstić information content (AvgIpc) is 3.51. The molecule has 3 aromatic rings. The van der Waals surface area contributed by atoms with E-state index >= 15 is 0 Å². The highest BCUT2D eigenvalue weighted by atomic mass is 31.2. The normalized spacial score (nSPS) is 17.1. The van der Waals surface area contributed by atoms with E-state index in [9.17, 15) is 23.3 Å². The number of rotatable bonds is 17. The quantitative estimate of drug-likeness (QED) is 0.0797. The van der Waals surface area contributed by atoms with E-state index in [2.05, 4.69) is 31.3 Å². The number of terminal acetylenes is 1. The number of methoxy groups -OCH3 is 1. The third kappa shape index (κ3) is 10.3. The minimum absolute atomic E-state index is 0.0508. The van der Waals surface area contributed by atoms with E-state index in [1.54, 1.807) is 58.0 Å². The number of nitrogens with one attached hydrogen (secondary N) is 2. The highest BCUT2D eigenvalue weighted by molar-refractivity contribution is 7.52. The van der Waals surface area contributed by atoms with Crippen LogP contribution in [0.3, 0.4) is 0 Å². The molecule has 4 atom stereocenters. The van der Waals surface area contributed by atoms with Gasteiger partial charge in [0.1, 0.15) is 24.5 Å². The number of hydrogen-bond donors (Lipinski definition) is 2. The van der Waals surface area contributed by atoms with Crippen LogP contribution in [0.25, 0.3) is 11.2 Å². The fraction of sp³-hybridized carbons (Fsp3) is 0.543. The third-order valence-corrected chi connectivity index (χ3v) is 10.0.